The molecule has 2 heteroatoms. The Morgan fingerprint density at radius 2 is 1.78 bits per heavy atom. The van der Waals surface area contributed by atoms with Gasteiger partial charge < -0.3 is 10.4 Å². The number of phenolic OH excluding ortho intramolecular Hbond substituents is 1. The molecule has 18 heavy (non-hydrogen) atoms. The van der Waals surface area contributed by atoms with E-state index in [1.54, 1.807) is 6.07 Å². The Kier molecular flexibility index (Phi) is 3.88. The zero-order valence-corrected chi connectivity index (χ0v) is 10.9. The van der Waals surface area contributed by atoms with Gasteiger partial charge in [-0.2, -0.15) is 0 Å². The number of hydrogen-bond donors (Lipinski definition) is 2. The molecule has 0 fully saturated rings. The second-order valence-electron chi connectivity index (χ2n) is 4.76. The summed E-state index contributed by atoms with van der Waals surface area (Å²) < 4.78 is 0. The van der Waals surface area contributed by atoms with Gasteiger partial charge in [-0.3, -0.25) is 0 Å². The van der Waals surface area contributed by atoms with E-state index in [-0.39, 0.29) is 0 Å². The third-order valence-electron chi connectivity index (χ3n) is 3.03. The minimum Gasteiger partial charge on any atom is -0.508 e. The van der Waals surface area contributed by atoms with Crippen molar-refractivity contribution in [3.8, 4) is 5.75 Å². The van der Waals surface area contributed by atoms with E-state index in [4.69, 9.17) is 0 Å². The molecule has 2 N–H and O–H groups in total. The van der Waals surface area contributed by atoms with E-state index < -0.39 is 0 Å². The molecule has 0 saturated heterocycles. The van der Waals surface area contributed by atoms with Gasteiger partial charge in [-0.05, 0) is 29.7 Å². The molecule has 2 rings (SSSR count). The van der Waals surface area contributed by atoms with Crippen LogP contribution in [0.3, 0.4) is 0 Å². The average Bonchev–Trinajstić information content (AvgIpc) is 2.38. The number of phenols is 1. The van der Waals surface area contributed by atoms with E-state index in [0.717, 1.165) is 11.3 Å². The minimum absolute atomic E-state index is 0.350. The highest BCUT2D eigenvalue weighted by Gasteiger charge is 2.05. The lowest BCUT2D eigenvalue weighted by molar-refractivity contribution is 0.468. The third-order valence-corrected chi connectivity index (χ3v) is 3.03. The van der Waals surface area contributed by atoms with Crippen molar-refractivity contribution in [1.82, 2.24) is 0 Å². The Morgan fingerprint density at radius 1 is 1.06 bits per heavy atom. The smallest absolute Gasteiger partial charge is 0.120 e. The minimum atomic E-state index is 0.350. The second-order valence-corrected chi connectivity index (χ2v) is 4.76. The van der Waals surface area contributed by atoms with Crippen molar-refractivity contribution in [3.63, 3.8) is 0 Å². The second kappa shape index (κ2) is 5.58. The molecule has 0 amide bonds. The fourth-order valence-corrected chi connectivity index (χ4v) is 1.86. The van der Waals surface area contributed by atoms with Gasteiger partial charge in [0.15, 0.2) is 0 Å². The Morgan fingerprint density at radius 3 is 2.44 bits per heavy atom. The van der Waals surface area contributed by atoms with Crippen LogP contribution in [0.4, 0.5) is 5.69 Å². The predicted molar refractivity (Wildman–Crippen MR) is 76.0 cm³/mol. The first-order valence-corrected chi connectivity index (χ1v) is 6.27. The number of hydrogen-bond acceptors (Lipinski definition) is 2. The van der Waals surface area contributed by atoms with Crippen LogP contribution in [0, 0.1) is 0 Å². The van der Waals surface area contributed by atoms with Gasteiger partial charge in [-0.1, -0.05) is 44.2 Å². The van der Waals surface area contributed by atoms with Crippen LogP contribution in [0.2, 0.25) is 0 Å². The molecule has 0 aliphatic carbocycles. The fourth-order valence-electron chi connectivity index (χ4n) is 1.86. The highest BCUT2D eigenvalue weighted by atomic mass is 16.3. The van der Waals surface area contributed by atoms with Crippen molar-refractivity contribution < 1.29 is 5.11 Å². The summed E-state index contributed by atoms with van der Waals surface area (Å²) in [7, 11) is 0. The third kappa shape index (κ3) is 3.04. The molecule has 0 aromatic heterocycles. The largest absolute Gasteiger partial charge is 0.508 e. The molecule has 0 spiro atoms. The molecule has 0 bridgehead atoms. The molecule has 0 aliphatic rings. The van der Waals surface area contributed by atoms with Crippen molar-refractivity contribution in [3.05, 3.63) is 59.7 Å². The molecule has 0 atom stereocenters. The maximum atomic E-state index is 9.85. The first kappa shape index (κ1) is 12.5. The number of benzene rings is 2. The Hall–Kier alpha value is -1.96. The van der Waals surface area contributed by atoms with E-state index in [2.05, 4.69) is 25.2 Å². The molecule has 0 saturated carbocycles. The molecule has 2 aromatic carbocycles. The van der Waals surface area contributed by atoms with Crippen LogP contribution in [-0.2, 0) is 6.54 Å². The van der Waals surface area contributed by atoms with Crippen LogP contribution in [0.25, 0.3) is 0 Å². The first-order chi connectivity index (χ1) is 8.66. The lowest BCUT2D eigenvalue weighted by atomic mass is 10.0. The number of anilines is 1. The Labute approximate surface area is 108 Å². The van der Waals surface area contributed by atoms with Crippen molar-refractivity contribution in [1.29, 1.82) is 0 Å². The van der Waals surface area contributed by atoms with Gasteiger partial charge >= 0.3 is 0 Å². The van der Waals surface area contributed by atoms with Gasteiger partial charge in [0.05, 0.1) is 0 Å². The zero-order chi connectivity index (χ0) is 13.0. The van der Waals surface area contributed by atoms with Crippen molar-refractivity contribution in [2.75, 3.05) is 5.32 Å². The van der Waals surface area contributed by atoms with E-state index in [0.29, 0.717) is 18.2 Å². The fraction of sp³-hybridized carbons (Fsp3) is 0.250. The summed E-state index contributed by atoms with van der Waals surface area (Å²) in [4.78, 5) is 0. The normalized spacial score (nSPS) is 10.6. The summed E-state index contributed by atoms with van der Waals surface area (Å²) >= 11 is 0. The molecular weight excluding hydrogens is 222 g/mol. The van der Waals surface area contributed by atoms with E-state index in [9.17, 15) is 5.11 Å². The van der Waals surface area contributed by atoms with Crippen LogP contribution >= 0.6 is 0 Å². The SMILES string of the molecule is CC(C)c1ccc(O)c(CNc2ccccc2)c1. The molecule has 0 heterocycles. The lowest BCUT2D eigenvalue weighted by Crippen LogP contribution is -2.00. The molecule has 0 radical (unpaired) electrons. The van der Waals surface area contributed by atoms with Gasteiger partial charge in [0.2, 0.25) is 0 Å². The quantitative estimate of drug-likeness (QED) is 0.843. The van der Waals surface area contributed by atoms with Gasteiger partial charge in [-0.15, -0.1) is 0 Å². The molecular formula is C16H19NO. The van der Waals surface area contributed by atoms with Gasteiger partial charge in [-0.25, -0.2) is 0 Å². The van der Waals surface area contributed by atoms with Crippen molar-refractivity contribution >= 4 is 5.69 Å². The predicted octanol–water partition coefficient (Wildman–Crippen LogP) is 4.13. The molecule has 2 nitrogen and oxygen atoms in total. The summed E-state index contributed by atoms with van der Waals surface area (Å²) in [5.74, 6) is 0.823. The number of rotatable bonds is 4. The highest BCUT2D eigenvalue weighted by molar-refractivity contribution is 5.45. The van der Waals surface area contributed by atoms with E-state index in [1.165, 1.54) is 5.56 Å². The Balaban J connectivity index is 2.11. The maximum absolute atomic E-state index is 9.85. The van der Waals surface area contributed by atoms with E-state index in [1.807, 2.05) is 36.4 Å². The molecule has 0 aliphatic heterocycles. The van der Waals surface area contributed by atoms with Crippen LogP contribution in [0.5, 0.6) is 5.75 Å². The lowest BCUT2D eigenvalue weighted by Gasteiger charge is -2.11. The summed E-state index contributed by atoms with van der Waals surface area (Å²) in [6.07, 6.45) is 0. The zero-order valence-electron chi connectivity index (χ0n) is 10.9. The van der Waals surface area contributed by atoms with Gasteiger partial charge in [0.25, 0.3) is 0 Å². The maximum Gasteiger partial charge on any atom is 0.120 e. The topological polar surface area (TPSA) is 32.3 Å². The van der Waals surface area contributed by atoms with Gasteiger partial charge in [0.1, 0.15) is 5.75 Å². The highest BCUT2D eigenvalue weighted by Crippen LogP contribution is 2.24. The summed E-state index contributed by atoms with van der Waals surface area (Å²) in [5.41, 5.74) is 3.24. The summed E-state index contributed by atoms with van der Waals surface area (Å²) in [6, 6.07) is 15.8. The van der Waals surface area contributed by atoms with Crippen LogP contribution in [0.1, 0.15) is 30.9 Å². The summed E-state index contributed by atoms with van der Waals surface area (Å²) in [5, 5.41) is 13.2. The Bertz CT molecular complexity index is 506. The molecule has 94 valence electrons. The van der Waals surface area contributed by atoms with Crippen LogP contribution in [0.15, 0.2) is 48.5 Å². The standard InChI is InChI=1S/C16H19NO/c1-12(2)13-8-9-16(18)14(10-13)11-17-15-6-4-3-5-7-15/h3-10,12,17-18H,11H2,1-2H3. The monoisotopic (exact) mass is 241 g/mol. The van der Waals surface area contributed by atoms with Crippen LogP contribution in [-0.4, -0.2) is 5.11 Å². The van der Waals surface area contributed by atoms with Crippen molar-refractivity contribution in [2.45, 2.75) is 26.3 Å². The van der Waals surface area contributed by atoms with Crippen molar-refractivity contribution in [2.24, 2.45) is 0 Å². The van der Waals surface area contributed by atoms with Gasteiger partial charge in [0, 0.05) is 17.8 Å². The first-order valence-electron chi connectivity index (χ1n) is 6.27. The number of para-hydroxylation sites is 1. The molecule has 2 aromatic rings. The number of aromatic hydroxyl groups is 1. The number of nitrogens with one attached hydrogen (secondary N) is 1. The average molecular weight is 241 g/mol. The van der Waals surface area contributed by atoms with E-state index >= 15 is 0 Å². The molecule has 0 unspecified atom stereocenters. The van der Waals surface area contributed by atoms with Crippen LogP contribution < -0.4 is 5.32 Å². The summed E-state index contributed by atoms with van der Waals surface area (Å²) in [6.45, 7) is 4.94.